The summed E-state index contributed by atoms with van der Waals surface area (Å²) in [6, 6.07) is 12.8. The van der Waals surface area contributed by atoms with Crippen LogP contribution >= 0.6 is 11.3 Å². The molecule has 1 saturated heterocycles. The number of carbonyl (C=O) groups excluding carboxylic acids is 2. The fraction of sp³-hybridized carbons (Fsp3) is 0.182. The van der Waals surface area contributed by atoms with E-state index in [9.17, 15) is 14.0 Å². The Morgan fingerprint density at radius 1 is 1.04 bits per heavy atom. The molecule has 0 radical (unpaired) electrons. The van der Waals surface area contributed by atoms with Crippen molar-refractivity contribution in [2.75, 3.05) is 16.3 Å². The van der Waals surface area contributed by atoms with E-state index in [-0.39, 0.29) is 24.0 Å². The number of amides is 2. The molecule has 2 aromatic carbocycles. The Balaban J connectivity index is 1.83. The van der Waals surface area contributed by atoms with Crippen LogP contribution in [0.4, 0.5) is 15.8 Å². The summed E-state index contributed by atoms with van der Waals surface area (Å²) in [5, 5.41) is 3.73. The fourth-order valence-corrected chi connectivity index (χ4v) is 4.32. The van der Waals surface area contributed by atoms with Gasteiger partial charge < -0.3 is 0 Å². The molecule has 1 atom stereocenters. The van der Waals surface area contributed by atoms with Crippen LogP contribution in [0.1, 0.15) is 22.7 Å². The molecule has 1 aliphatic heterocycles. The number of benzene rings is 2. The summed E-state index contributed by atoms with van der Waals surface area (Å²) in [6.45, 7) is 3.71. The van der Waals surface area contributed by atoms with Gasteiger partial charge in [-0.2, -0.15) is 11.3 Å². The van der Waals surface area contributed by atoms with Gasteiger partial charge in [0.15, 0.2) is 0 Å². The van der Waals surface area contributed by atoms with Crippen molar-refractivity contribution in [2.24, 2.45) is 0 Å². The number of nitrogens with zero attached hydrogens (tertiary/aromatic N) is 2. The Bertz CT molecular complexity index is 1050. The van der Waals surface area contributed by atoms with Crippen molar-refractivity contribution in [3.8, 4) is 0 Å². The molecule has 3 aromatic rings. The molecule has 28 heavy (non-hydrogen) atoms. The molecule has 1 aliphatic rings. The lowest BCUT2D eigenvalue weighted by Crippen LogP contribution is -2.56. The van der Waals surface area contributed by atoms with Crippen molar-refractivity contribution in [2.45, 2.75) is 19.9 Å². The zero-order valence-corrected chi connectivity index (χ0v) is 16.4. The topological polar surface area (TPSA) is 40.6 Å². The van der Waals surface area contributed by atoms with E-state index in [1.165, 1.54) is 28.4 Å². The maximum absolute atomic E-state index is 14.4. The lowest BCUT2D eigenvalue weighted by molar-refractivity contribution is -0.128. The Morgan fingerprint density at radius 2 is 1.82 bits per heavy atom. The standard InChI is InChI=1S/C22H19FN2O2S/c1-14-7-8-18(15(2)11-14)25-20(26)12-24(19-6-4-3-5-17(19)23)22(27)21(25)16-9-10-28-13-16/h3-11,13,21H,12H2,1-2H3/t21-/m0/s1. The molecule has 142 valence electrons. The van der Waals surface area contributed by atoms with Gasteiger partial charge in [-0.25, -0.2) is 4.39 Å². The van der Waals surface area contributed by atoms with Gasteiger partial charge in [-0.1, -0.05) is 29.8 Å². The van der Waals surface area contributed by atoms with Gasteiger partial charge in [0, 0.05) is 5.69 Å². The van der Waals surface area contributed by atoms with Crippen molar-refractivity contribution in [1.29, 1.82) is 0 Å². The molecular formula is C22H19FN2O2S. The third-order valence-electron chi connectivity index (χ3n) is 4.93. The number of para-hydroxylation sites is 1. The highest BCUT2D eigenvalue weighted by atomic mass is 32.1. The predicted molar refractivity (Wildman–Crippen MR) is 109 cm³/mol. The molecule has 2 heterocycles. The van der Waals surface area contributed by atoms with Crippen LogP contribution in [0.3, 0.4) is 0 Å². The average molecular weight is 394 g/mol. The molecule has 4 nitrogen and oxygen atoms in total. The van der Waals surface area contributed by atoms with Crippen LogP contribution in [0, 0.1) is 19.7 Å². The molecular weight excluding hydrogens is 375 g/mol. The highest BCUT2D eigenvalue weighted by Gasteiger charge is 2.43. The summed E-state index contributed by atoms with van der Waals surface area (Å²) in [7, 11) is 0. The first kappa shape index (κ1) is 18.4. The van der Waals surface area contributed by atoms with Gasteiger partial charge in [0.05, 0.1) is 5.69 Å². The van der Waals surface area contributed by atoms with Crippen LogP contribution < -0.4 is 9.80 Å². The fourth-order valence-electron chi connectivity index (χ4n) is 3.64. The van der Waals surface area contributed by atoms with Gasteiger partial charge in [0.25, 0.3) is 5.91 Å². The predicted octanol–water partition coefficient (Wildman–Crippen LogP) is 4.63. The summed E-state index contributed by atoms with van der Waals surface area (Å²) in [6.07, 6.45) is 0. The molecule has 0 unspecified atom stereocenters. The lowest BCUT2D eigenvalue weighted by atomic mass is 10.00. The minimum atomic E-state index is -0.825. The third kappa shape index (κ3) is 3.10. The summed E-state index contributed by atoms with van der Waals surface area (Å²) in [5.74, 6) is -1.08. The SMILES string of the molecule is Cc1ccc(N2C(=O)CN(c3ccccc3F)C(=O)[C@@H]2c2ccsc2)c(C)c1. The number of hydrogen-bond donors (Lipinski definition) is 0. The zero-order valence-electron chi connectivity index (χ0n) is 15.6. The van der Waals surface area contributed by atoms with Gasteiger partial charge in [-0.05, 0) is 60.0 Å². The molecule has 1 aromatic heterocycles. The van der Waals surface area contributed by atoms with E-state index in [0.717, 1.165) is 16.7 Å². The second-order valence-corrected chi connectivity index (χ2v) is 7.67. The monoisotopic (exact) mass is 394 g/mol. The minimum absolute atomic E-state index is 0.126. The van der Waals surface area contributed by atoms with E-state index < -0.39 is 11.9 Å². The van der Waals surface area contributed by atoms with Gasteiger partial charge >= 0.3 is 0 Å². The molecule has 6 heteroatoms. The van der Waals surface area contributed by atoms with Crippen molar-refractivity contribution in [3.05, 3.63) is 81.8 Å². The van der Waals surface area contributed by atoms with E-state index >= 15 is 0 Å². The zero-order chi connectivity index (χ0) is 19.8. The van der Waals surface area contributed by atoms with Crippen molar-refractivity contribution < 1.29 is 14.0 Å². The third-order valence-corrected chi connectivity index (χ3v) is 5.64. The van der Waals surface area contributed by atoms with E-state index in [1.807, 2.05) is 48.9 Å². The molecule has 0 aliphatic carbocycles. The van der Waals surface area contributed by atoms with E-state index in [2.05, 4.69) is 0 Å². The van der Waals surface area contributed by atoms with Crippen LogP contribution in [0.2, 0.25) is 0 Å². The molecule has 0 saturated carbocycles. The summed E-state index contributed by atoms with van der Waals surface area (Å²) < 4.78 is 14.4. The normalized spacial score (nSPS) is 17.3. The Hall–Kier alpha value is -2.99. The Labute approximate surface area is 166 Å². The van der Waals surface area contributed by atoms with Crippen LogP contribution in [-0.4, -0.2) is 18.4 Å². The van der Waals surface area contributed by atoms with Gasteiger partial charge in [0.1, 0.15) is 18.4 Å². The molecule has 1 fully saturated rings. The van der Waals surface area contributed by atoms with Crippen LogP contribution in [0.15, 0.2) is 59.3 Å². The maximum atomic E-state index is 14.4. The van der Waals surface area contributed by atoms with E-state index in [4.69, 9.17) is 0 Å². The number of anilines is 2. The highest BCUT2D eigenvalue weighted by molar-refractivity contribution is 7.08. The van der Waals surface area contributed by atoms with E-state index in [0.29, 0.717) is 5.69 Å². The van der Waals surface area contributed by atoms with E-state index in [1.54, 1.807) is 17.0 Å². The van der Waals surface area contributed by atoms with Crippen LogP contribution in [0.25, 0.3) is 0 Å². The molecule has 0 bridgehead atoms. The molecule has 4 rings (SSSR count). The first-order chi connectivity index (χ1) is 13.5. The molecule has 0 N–H and O–H groups in total. The average Bonchev–Trinajstić information content (AvgIpc) is 3.18. The molecule has 2 amide bonds. The number of carbonyl (C=O) groups is 2. The summed E-state index contributed by atoms with van der Waals surface area (Å²) in [4.78, 5) is 29.4. The number of hydrogen-bond acceptors (Lipinski definition) is 3. The number of thiophene rings is 1. The van der Waals surface area contributed by atoms with Crippen LogP contribution in [0.5, 0.6) is 0 Å². The minimum Gasteiger partial charge on any atom is -0.298 e. The second-order valence-electron chi connectivity index (χ2n) is 6.89. The number of aryl methyl sites for hydroxylation is 2. The summed E-state index contributed by atoms with van der Waals surface area (Å²) >= 11 is 1.46. The van der Waals surface area contributed by atoms with Gasteiger partial charge in [-0.3, -0.25) is 19.4 Å². The second kappa shape index (κ2) is 7.20. The highest BCUT2D eigenvalue weighted by Crippen LogP contribution is 2.37. The number of piperazine rings is 1. The Morgan fingerprint density at radius 3 is 2.50 bits per heavy atom. The number of halogens is 1. The smallest absolute Gasteiger partial charge is 0.255 e. The van der Waals surface area contributed by atoms with Crippen molar-refractivity contribution in [1.82, 2.24) is 0 Å². The first-order valence-corrected chi connectivity index (χ1v) is 9.89. The largest absolute Gasteiger partial charge is 0.298 e. The number of rotatable bonds is 3. The first-order valence-electron chi connectivity index (χ1n) is 8.94. The quantitative estimate of drug-likeness (QED) is 0.650. The van der Waals surface area contributed by atoms with Crippen molar-refractivity contribution in [3.63, 3.8) is 0 Å². The molecule has 0 spiro atoms. The van der Waals surface area contributed by atoms with Crippen LogP contribution in [-0.2, 0) is 9.59 Å². The Kier molecular flexibility index (Phi) is 4.73. The maximum Gasteiger partial charge on any atom is 0.255 e. The van der Waals surface area contributed by atoms with Gasteiger partial charge in [-0.15, -0.1) is 0 Å². The van der Waals surface area contributed by atoms with Gasteiger partial charge in [0.2, 0.25) is 5.91 Å². The summed E-state index contributed by atoms with van der Waals surface area (Å²) in [5.41, 5.74) is 3.55. The van der Waals surface area contributed by atoms with Crippen molar-refractivity contribution >= 4 is 34.5 Å². The lowest BCUT2D eigenvalue weighted by Gasteiger charge is -2.40.